The molecule has 2 aromatic heterocycles. The molecule has 1 N–H and O–H groups in total. The number of pyridine rings is 2. The topological polar surface area (TPSA) is 81.4 Å². The number of nitrogens with zero attached hydrogens (tertiary/aromatic N) is 2. The quantitative estimate of drug-likeness (QED) is 0.551. The second-order valence-electron chi connectivity index (χ2n) is 6.70. The number of ether oxygens (including phenoxy) is 1. The molecule has 0 radical (unpaired) electrons. The van der Waals surface area contributed by atoms with Crippen LogP contribution in [-0.2, 0) is 0 Å². The van der Waals surface area contributed by atoms with Crippen LogP contribution < -0.4 is 10.3 Å². The second kappa shape index (κ2) is 7.44. The normalized spacial score (nSPS) is 10.9. The maximum absolute atomic E-state index is 14.4. The first-order valence-corrected chi connectivity index (χ1v) is 9.10. The highest BCUT2D eigenvalue weighted by molar-refractivity contribution is 6.04. The monoisotopic (exact) mass is 404 g/mol. The molecule has 0 aliphatic carbocycles. The maximum atomic E-state index is 14.4. The van der Waals surface area contributed by atoms with Gasteiger partial charge in [-0.1, -0.05) is 12.1 Å². The van der Waals surface area contributed by atoms with Gasteiger partial charge in [0, 0.05) is 16.6 Å². The Morgan fingerprint density at radius 2 is 1.83 bits per heavy atom. The highest BCUT2D eigenvalue weighted by atomic mass is 19.1. The van der Waals surface area contributed by atoms with Crippen LogP contribution in [0.3, 0.4) is 0 Å². The minimum atomic E-state index is -1.24. The molecule has 4 rings (SSSR count). The van der Waals surface area contributed by atoms with Crippen molar-refractivity contribution in [1.82, 2.24) is 9.55 Å². The lowest BCUT2D eigenvalue weighted by Gasteiger charge is -2.15. The summed E-state index contributed by atoms with van der Waals surface area (Å²) in [6.45, 7) is 1.52. The molecule has 6 nitrogen and oxygen atoms in total. The Hall–Kier alpha value is -4.00. The summed E-state index contributed by atoms with van der Waals surface area (Å²) in [5.74, 6) is -1.28. The molecule has 30 heavy (non-hydrogen) atoms. The summed E-state index contributed by atoms with van der Waals surface area (Å²) in [4.78, 5) is 29.3. The molecule has 0 aliphatic rings. The molecule has 2 heterocycles. The second-order valence-corrected chi connectivity index (χ2v) is 6.70. The van der Waals surface area contributed by atoms with Gasteiger partial charge in [-0.25, -0.2) is 9.18 Å². The van der Waals surface area contributed by atoms with E-state index in [4.69, 9.17) is 4.74 Å². The largest absolute Gasteiger partial charge is 0.497 e. The van der Waals surface area contributed by atoms with Gasteiger partial charge in [0.15, 0.2) is 0 Å². The van der Waals surface area contributed by atoms with Crippen molar-refractivity contribution < 1.29 is 19.0 Å². The zero-order chi connectivity index (χ0) is 21.4. The molecule has 0 aliphatic heterocycles. The molecular weight excluding hydrogens is 387 g/mol. The smallest absolute Gasteiger partial charge is 0.338 e. The lowest BCUT2D eigenvalue weighted by Crippen LogP contribution is -2.25. The number of carboxylic acids is 1. The van der Waals surface area contributed by atoms with E-state index < -0.39 is 17.3 Å². The fourth-order valence-electron chi connectivity index (χ4n) is 3.55. The minimum Gasteiger partial charge on any atom is -0.497 e. The van der Waals surface area contributed by atoms with Crippen LogP contribution in [0, 0.1) is 12.7 Å². The molecule has 0 amide bonds. The first kappa shape index (κ1) is 19.3. The van der Waals surface area contributed by atoms with Gasteiger partial charge in [-0.2, -0.15) is 0 Å². The molecule has 0 saturated heterocycles. The Kier molecular flexibility index (Phi) is 4.79. The van der Waals surface area contributed by atoms with Crippen LogP contribution in [0.5, 0.6) is 5.75 Å². The predicted octanol–water partition coefficient (Wildman–Crippen LogP) is 4.21. The molecule has 0 saturated carbocycles. The van der Waals surface area contributed by atoms with E-state index in [0.717, 1.165) is 17.4 Å². The number of halogens is 1. The Morgan fingerprint density at radius 3 is 2.43 bits per heavy atom. The third kappa shape index (κ3) is 3.10. The van der Waals surface area contributed by atoms with Crippen LogP contribution in [-0.4, -0.2) is 27.7 Å². The average molecular weight is 404 g/mol. The zero-order valence-electron chi connectivity index (χ0n) is 16.2. The number of benzene rings is 2. The molecule has 0 bridgehead atoms. The van der Waals surface area contributed by atoms with Crippen molar-refractivity contribution in [3.8, 4) is 22.7 Å². The SMILES string of the molecule is COc1ccc(-c2ccc(-n3c(C)c(C(=O)O)c4cccc(F)c4c3=O)cn2)cc1. The molecule has 150 valence electrons. The Balaban J connectivity index is 1.90. The summed E-state index contributed by atoms with van der Waals surface area (Å²) in [5, 5.41) is 9.50. The van der Waals surface area contributed by atoms with Gasteiger partial charge in [-0.05, 0) is 49.4 Å². The number of aromatic carboxylic acids is 1. The Labute approximate surface area is 170 Å². The Bertz CT molecular complexity index is 1330. The van der Waals surface area contributed by atoms with Crippen molar-refractivity contribution in [3.63, 3.8) is 0 Å². The predicted molar refractivity (Wildman–Crippen MR) is 111 cm³/mol. The van der Waals surface area contributed by atoms with E-state index in [-0.39, 0.29) is 22.0 Å². The van der Waals surface area contributed by atoms with Gasteiger partial charge in [-0.3, -0.25) is 14.3 Å². The van der Waals surface area contributed by atoms with Crippen molar-refractivity contribution >= 4 is 16.7 Å². The number of aromatic nitrogens is 2. The highest BCUT2D eigenvalue weighted by Gasteiger charge is 2.21. The Morgan fingerprint density at radius 1 is 1.10 bits per heavy atom. The summed E-state index contributed by atoms with van der Waals surface area (Å²) in [7, 11) is 1.58. The molecule has 0 atom stereocenters. The lowest BCUT2D eigenvalue weighted by molar-refractivity contribution is 0.0697. The number of hydrogen-bond acceptors (Lipinski definition) is 4. The summed E-state index contributed by atoms with van der Waals surface area (Å²) < 4.78 is 20.8. The number of hydrogen-bond donors (Lipinski definition) is 1. The molecule has 7 heteroatoms. The standard InChI is InChI=1S/C23H17FN2O4/c1-13-20(23(28)29)17-4-3-5-18(24)21(17)22(27)26(13)15-8-11-19(25-12-15)14-6-9-16(30-2)10-7-14/h3-12H,1-2H3,(H,28,29). The van der Waals surface area contributed by atoms with Gasteiger partial charge in [0.1, 0.15) is 11.6 Å². The highest BCUT2D eigenvalue weighted by Crippen LogP contribution is 2.25. The van der Waals surface area contributed by atoms with Gasteiger partial charge in [0.25, 0.3) is 5.56 Å². The van der Waals surface area contributed by atoms with E-state index in [2.05, 4.69) is 4.98 Å². The van der Waals surface area contributed by atoms with E-state index in [1.165, 1.54) is 29.8 Å². The van der Waals surface area contributed by atoms with Crippen molar-refractivity contribution in [2.75, 3.05) is 7.11 Å². The van der Waals surface area contributed by atoms with Crippen LogP contribution in [0.2, 0.25) is 0 Å². The van der Waals surface area contributed by atoms with Gasteiger partial charge >= 0.3 is 5.97 Å². The molecule has 4 aromatic rings. The van der Waals surface area contributed by atoms with Crippen molar-refractivity contribution in [3.05, 3.63) is 88.2 Å². The lowest BCUT2D eigenvalue weighted by atomic mass is 10.0. The summed E-state index contributed by atoms with van der Waals surface area (Å²) >= 11 is 0. The van der Waals surface area contributed by atoms with Crippen molar-refractivity contribution in [2.45, 2.75) is 6.92 Å². The third-order valence-corrected chi connectivity index (χ3v) is 5.00. The van der Waals surface area contributed by atoms with Crippen molar-refractivity contribution in [2.24, 2.45) is 0 Å². The maximum Gasteiger partial charge on any atom is 0.338 e. The fraction of sp³-hybridized carbons (Fsp3) is 0.0870. The van der Waals surface area contributed by atoms with Crippen molar-refractivity contribution in [1.29, 1.82) is 0 Å². The van der Waals surface area contributed by atoms with E-state index >= 15 is 0 Å². The number of carboxylic acid groups (broad SMARTS) is 1. The van der Waals surface area contributed by atoms with E-state index in [1.807, 2.05) is 24.3 Å². The van der Waals surface area contributed by atoms with Crippen LogP contribution in [0.4, 0.5) is 4.39 Å². The molecule has 0 unspecified atom stereocenters. The third-order valence-electron chi connectivity index (χ3n) is 5.00. The van der Waals surface area contributed by atoms with Gasteiger partial charge in [-0.15, -0.1) is 0 Å². The minimum absolute atomic E-state index is 0.0732. The zero-order valence-corrected chi connectivity index (χ0v) is 16.2. The van der Waals surface area contributed by atoms with Gasteiger partial charge < -0.3 is 9.84 Å². The van der Waals surface area contributed by atoms with Gasteiger partial charge in [0.2, 0.25) is 0 Å². The number of rotatable bonds is 4. The fourth-order valence-corrected chi connectivity index (χ4v) is 3.55. The van der Waals surface area contributed by atoms with Crippen LogP contribution in [0.1, 0.15) is 16.1 Å². The van der Waals surface area contributed by atoms with E-state index in [0.29, 0.717) is 11.4 Å². The summed E-state index contributed by atoms with van der Waals surface area (Å²) in [6.07, 6.45) is 1.46. The number of carbonyl (C=O) groups is 1. The first-order chi connectivity index (χ1) is 14.4. The molecular formula is C23H17FN2O4. The number of methoxy groups -OCH3 is 1. The molecule has 0 fully saturated rings. The first-order valence-electron chi connectivity index (χ1n) is 9.10. The van der Waals surface area contributed by atoms with Gasteiger partial charge in [0.05, 0.1) is 35.6 Å². The van der Waals surface area contributed by atoms with E-state index in [1.54, 1.807) is 19.2 Å². The van der Waals surface area contributed by atoms with Crippen LogP contribution >= 0.6 is 0 Å². The van der Waals surface area contributed by atoms with Crippen LogP contribution in [0.15, 0.2) is 65.6 Å². The summed E-state index contributed by atoms with van der Waals surface area (Å²) in [6, 6.07) is 14.7. The van der Waals surface area contributed by atoms with Crippen LogP contribution in [0.25, 0.3) is 27.7 Å². The molecule has 0 spiro atoms. The van der Waals surface area contributed by atoms with E-state index in [9.17, 15) is 19.1 Å². The molecule has 2 aromatic carbocycles. The number of fused-ring (bicyclic) bond motifs is 1. The summed E-state index contributed by atoms with van der Waals surface area (Å²) in [5.41, 5.74) is 1.31. The average Bonchev–Trinajstić information content (AvgIpc) is 2.74.